The van der Waals surface area contributed by atoms with Crippen molar-refractivity contribution in [3.63, 3.8) is 0 Å². The van der Waals surface area contributed by atoms with Crippen LogP contribution >= 0.6 is 11.3 Å². The third kappa shape index (κ3) is 4.84. The Kier molecular flexibility index (Phi) is 6.10. The van der Waals surface area contributed by atoms with E-state index in [0.717, 1.165) is 24.3 Å². The number of guanidine groups is 1. The monoisotopic (exact) mass is 484 g/mol. The second-order valence-corrected chi connectivity index (χ2v) is 9.50. The van der Waals surface area contributed by atoms with Crippen molar-refractivity contribution in [3.05, 3.63) is 45.6 Å². The van der Waals surface area contributed by atoms with Crippen LogP contribution in [0, 0.1) is 5.92 Å². The maximum Gasteiger partial charge on any atom is 0.305 e. The number of rotatable bonds is 7. The summed E-state index contributed by atoms with van der Waals surface area (Å²) in [7, 11) is 0. The highest BCUT2D eigenvalue weighted by Crippen LogP contribution is 2.49. The molecule has 3 atom stereocenters. The van der Waals surface area contributed by atoms with Gasteiger partial charge >= 0.3 is 5.97 Å². The number of aliphatic imine (C=N–C) groups is 1. The van der Waals surface area contributed by atoms with Gasteiger partial charge in [0.25, 0.3) is 5.91 Å². The number of nitrogens with one attached hydrogen (secondary N) is 3. The predicted octanol–water partition coefficient (Wildman–Crippen LogP) is 1.99. The van der Waals surface area contributed by atoms with E-state index < -0.39 is 12.0 Å². The molecule has 2 aliphatic heterocycles. The molecule has 3 aliphatic rings. The van der Waals surface area contributed by atoms with E-state index in [0.29, 0.717) is 34.4 Å². The van der Waals surface area contributed by atoms with Crippen LogP contribution in [-0.2, 0) is 9.59 Å². The number of ether oxygens (including phenoxy) is 2. The lowest BCUT2D eigenvalue weighted by Crippen LogP contribution is -2.44. The number of carboxylic acid groups (broad SMARTS) is 1. The van der Waals surface area contributed by atoms with Crippen molar-refractivity contribution in [2.75, 3.05) is 19.9 Å². The molecule has 0 saturated heterocycles. The standard InChI is InChI=1S/C23H24N4O6S/c28-20(29)10-15(12-2-3-16-17(8-12)33-11-32-16)26-22(31)19-5-4-18(34-19)13-9-14(13)21(30)27-23-24-6-1-7-25-23/h2-5,8,13-15H,1,6-7,9-11H2,(H,26,31)(H,28,29)(H2,24,25,27,30). The Labute approximate surface area is 199 Å². The minimum atomic E-state index is -1.03. The summed E-state index contributed by atoms with van der Waals surface area (Å²) in [6.45, 7) is 1.61. The summed E-state index contributed by atoms with van der Waals surface area (Å²) in [4.78, 5) is 42.5. The second kappa shape index (κ2) is 9.34. The number of hydrogen-bond donors (Lipinski definition) is 4. The van der Waals surface area contributed by atoms with Crippen LogP contribution in [0.2, 0.25) is 0 Å². The topological polar surface area (TPSA) is 138 Å². The SMILES string of the molecule is O=C(O)CC(NC(=O)c1ccc(C2CC2C(=O)NC2=NCCCN2)s1)c1ccc2c(c1)OCO2. The fourth-order valence-corrected chi connectivity index (χ4v) is 5.17. The number of carboxylic acids is 1. The molecule has 34 heavy (non-hydrogen) atoms. The lowest BCUT2D eigenvalue weighted by atomic mass is 10.0. The normalized spacial score (nSPS) is 21.1. The van der Waals surface area contributed by atoms with Gasteiger partial charge in [0.2, 0.25) is 12.7 Å². The Bertz CT molecular complexity index is 1160. The summed E-state index contributed by atoms with van der Waals surface area (Å²) in [5.74, 6) is 0.104. The van der Waals surface area contributed by atoms with Gasteiger partial charge in [0.15, 0.2) is 17.5 Å². The molecule has 0 spiro atoms. The van der Waals surface area contributed by atoms with Crippen molar-refractivity contribution < 1.29 is 29.0 Å². The Morgan fingerprint density at radius 3 is 2.85 bits per heavy atom. The van der Waals surface area contributed by atoms with Crippen LogP contribution in [0.5, 0.6) is 11.5 Å². The summed E-state index contributed by atoms with van der Waals surface area (Å²) in [6, 6.07) is 7.96. The van der Waals surface area contributed by atoms with Gasteiger partial charge in [0, 0.05) is 29.8 Å². The van der Waals surface area contributed by atoms with Gasteiger partial charge in [0.05, 0.1) is 17.3 Å². The van der Waals surface area contributed by atoms with Crippen LogP contribution in [0.15, 0.2) is 35.3 Å². The van der Waals surface area contributed by atoms with E-state index in [1.807, 2.05) is 6.07 Å². The quantitative estimate of drug-likeness (QED) is 0.471. The molecule has 1 aromatic heterocycles. The maximum absolute atomic E-state index is 12.9. The zero-order valence-electron chi connectivity index (χ0n) is 18.2. The highest BCUT2D eigenvalue weighted by Gasteiger charge is 2.45. The van der Waals surface area contributed by atoms with Gasteiger partial charge in [-0.15, -0.1) is 11.3 Å². The zero-order chi connectivity index (χ0) is 23.7. The molecule has 5 rings (SSSR count). The number of aliphatic carboxylic acids is 1. The minimum Gasteiger partial charge on any atom is -0.481 e. The van der Waals surface area contributed by atoms with E-state index in [1.54, 1.807) is 24.3 Å². The first kappa shape index (κ1) is 22.2. The average Bonchev–Trinajstić information content (AvgIpc) is 3.24. The van der Waals surface area contributed by atoms with Gasteiger partial charge < -0.3 is 25.2 Å². The number of carbonyl (C=O) groups excluding carboxylic acids is 2. The van der Waals surface area contributed by atoms with Gasteiger partial charge in [-0.25, -0.2) is 0 Å². The zero-order valence-corrected chi connectivity index (χ0v) is 19.0. The maximum atomic E-state index is 12.9. The van der Waals surface area contributed by atoms with Crippen molar-refractivity contribution >= 4 is 35.1 Å². The molecule has 2 aromatic rings. The molecule has 1 aliphatic carbocycles. The first-order valence-corrected chi connectivity index (χ1v) is 11.9. The molecule has 4 N–H and O–H groups in total. The lowest BCUT2D eigenvalue weighted by molar-refractivity contribution is -0.137. The van der Waals surface area contributed by atoms with E-state index in [2.05, 4.69) is 20.9 Å². The number of benzene rings is 1. The van der Waals surface area contributed by atoms with E-state index >= 15 is 0 Å². The Hall–Kier alpha value is -3.60. The van der Waals surface area contributed by atoms with Crippen LogP contribution in [0.3, 0.4) is 0 Å². The number of hydrogen-bond acceptors (Lipinski definition) is 8. The number of thiophene rings is 1. The lowest BCUT2D eigenvalue weighted by Gasteiger charge is -2.17. The van der Waals surface area contributed by atoms with E-state index in [4.69, 9.17) is 9.47 Å². The van der Waals surface area contributed by atoms with E-state index in [9.17, 15) is 19.5 Å². The molecule has 0 radical (unpaired) electrons. The highest BCUT2D eigenvalue weighted by molar-refractivity contribution is 7.14. The summed E-state index contributed by atoms with van der Waals surface area (Å²) < 4.78 is 10.7. The average molecular weight is 485 g/mol. The second-order valence-electron chi connectivity index (χ2n) is 8.39. The third-order valence-corrected chi connectivity index (χ3v) is 7.18. The van der Waals surface area contributed by atoms with Crippen molar-refractivity contribution in [2.45, 2.75) is 31.2 Å². The minimum absolute atomic E-state index is 0.0677. The molecule has 11 heteroatoms. The van der Waals surface area contributed by atoms with E-state index in [-0.39, 0.29) is 36.9 Å². The van der Waals surface area contributed by atoms with Gasteiger partial charge in [0.1, 0.15) is 0 Å². The first-order chi connectivity index (χ1) is 16.5. The summed E-state index contributed by atoms with van der Waals surface area (Å²) >= 11 is 1.32. The molecule has 1 saturated carbocycles. The Morgan fingerprint density at radius 1 is 1.21 bits per heavy atom. The van der Waals surface area contributed by atoms with Crippen LogP contribution in [0.4, 0.5) is 0 Å². The third-order valence-electron chi connectivity index (χ3n) is 5.97. The van der Waals surface area contributed by atoms with E-state index in [1.165, 1.54) is 11.3 Å². The molecular weight excluding hydrogens is 460 g/mol. The fraction of sp³-hybridized carbons (Fsp3) is 0.391. The predicted molar refractivity (Wildman–Crippen MR) is 123 cm³/mol. The largest absolute Gasteiger partial charge is 0.481 e. The van der Waals surface area contributed by atoms with Crippen LogP contribution in [0.25, 0.3) is 0 Å². The van der Waals surface area contributed by atoms with Gasteiger partial charge in [-0.1, -0.05) is 6.07 Å². The van der Waals surface area contributed by atoms with Crippen molar-refractivity contribution in [1.82, 2.24) is 16.0 Å². The van der Waals surface area contributed by atoms with Crippen LogP contribution in [0.1, 0.15) is 51.3 Å². The van der Waals surface area contributed by atoms with Gasteiger partial charge in [-0.2, -0.15) is 0 Å². The van der Waals surface area contributed by atoms with Crippen LogP contribution < -0.4 is 25.4 Å². The molecule has 1 aromatic carbocycles. The Morgan fingerprint density at radius 2 is 2.06 bits per heavy atom. The van der Waals surface area contributed by atoms with Crippen molar-refractivity contribution in [1.29, 1.82) is 0 Å². The number of amides is 2. The Balaban J connectivity index is 1.22. The highest BCUT2D eigenvalue weighted by atomic mass is 32.1. The van der Waals surface area contributed by atoms with Gasteiger partial charge in [-0.3, -0.25) is 24.7 Å². The number of nitrogens with zero attached hydrogens (tertiary/aromatic N) is 1. The smallest absolute Gasteiger partial charge is 0.305 e. The molecule has 0 bridgehead atoms. The molecule has 2 amide bonds. The molecule has 1 fully saturated rings. The van der Waals surface area contributed by atoms with Gasteiger partial charge in [-0.05, 0) is 42.7 Å². The molecular formula is C23H24N4O6S. The number of carbonyl (C=O) groups is 3. The van der Waals surface area contributed by atoms with Crippen LogP contribution in [-0.4, -0.2) is 48.7 Å². The van der Waals surface area contributed by atoms with Crippen molar-refractivity contribution in [2.24, 2.45) is 10.9 Å². The van der Waals surface area contributed by atoms with Crippen molar-refractivity contribution in [3.8, 4) is 11.5 Å². The summed E-state index contributed by atoms with van der Waals surface area (Å²) in [5, 5.41) is 18.1. The summed E-state index contributed by atoms with van der Waals surface area (Å²) in [5.41, 5.74) is 0.620. The first-order valence-electron chi connectivity index (χ1n) is 11.1. The molecule has 3 heterocycles. The number of fused-ring (bicyclic) bond motifs is 1. The fourth-order valence-electron chi connectivity index (χ4n) is 4.09. The molecule has 10 nitrogen and oxygen atoms in total. The summed E-state index contributed by atoms with van der Waals surface area (Å²) in [6.07, 6.45) is 1.40. The molecule has 178 valence electrons. The molecule has 3 unspecified atom stereocenters.